The van der Waals surface area contributed by atoms with Crippen LogP contribution in [0.15, 0.2) is 35.5 Å². The van der Waals surface area contributed by atoms with Crippen LogP contribution in [0.3, 0.4) is 0 Å². The first-order valence-corrected chi connectivity index (χ1v) is 29.1. The van der Waals surface area contributed by atoms with Crippen molar-refractivity contribution in [2.24, 2.45) is 29.6 Å². The number of carboxylic acid groups (broad SMARTS) is 1. The van der Waals surface area contributed by atoms with Crippen molar-refractivity contribution in [3.63, 3.8) is 0 Å². The van der Waals surface area contributed by atoms with Crippen molar-refractivity contribution in [2.75, 3.05) is 40.5 Å². The summed E-state index contributed by atoms with van der Waals surface area (Å²) in [5, 5.41) is 58.6. The lowest BCUT2D eigenvalue weighted by atomic mass is 9.77. The fourth-order valence-corrected chi connectivity index (χ4v) is 13.2. The molecule has 0 bridgehead atoms. The Bertz CT molecular complexity index is 2410. The first-order chi connectivity index (χ1) is 37.2. The summed E-state index contributed by atoms with van der Waals surface area (Å²) < 4.78 is 59.3. The molecule has 3 fully saturated rings. The Kier molecular flexibility index (Phi) is 22.5. The highest BCUT2D eigenvalue weighted by atomic mass is 16.7. The van der Waals surface area contributed by atoms with E-state index in [-0.39, 0.29) is 61.9 Å². The number of esters is 1. The number of pyridine rings is 1. The second-order valence-corrected chi connectivity index (χ2v) is 24.1. The molecule has 0 radical (unpaired) electrons. The Hall–Kier alpha value is -3.73. The van der Waals surface area contributed by atoms with Crippen molar-refractivity contribution in [2.45, 2.75) is 232 Å². The van der Waals surface area contributed by atoms with Gasteiger partial charge in [-0.2, -0.15) is 0 Å². The van der Waals surface area contributed by atoms with Crippen LogP contribution in [0.2, 0.25) is 0 Å². The minimum absolute atomic E-state index is 0.112. The minimum atomic E-state index is -1.84. The number of hydrogen-bond donors (Lipinski definition) is 5. The summed E-state index contributed by atoms with van der Waals surface area (Å²) in [6.07, 6.45) is 0.976. The van der Waals surface area contributed by atoms with Gasteiger partial charge < -0.3 is 77.6 Å². The number of aliphatic hydroxyl groups is 4. The molecule has 0 amide bonds. The Balaban J connectivity index is 1.17. The highest BCUT2D eigenvalue weighted by Crippen LogP contribution is 2.42. The third-order valence-corrected chi connectivity index (χ3v) is 17.8. The molecule has 0 unspecified atom stereocenters. The van der Waals surface area contributed by atoms with E-state index in [1.54, 1.807) is 44.8 Å². The van der Waals surface area contributed by atoms with E-state index in [0.717, 1.165) is 24.8 Å². The molecule has 19 heteroatoms. The summed E-state index contributed by atoms with van der Waals surface area (Å²) in [4.78, 5) is 41.5. The van der Waals surface area contributed by atoms with Crippen molar-refractivity contribution < 1.29 is 77.8 Å². The van der Waals surface area contributed by atoms with Crippen LogP contribution in [-0.4, -0.2) is 172 Å². The zero-order valence-corrected chi connectivity index (χ0v) is 49.6. The predicted molar refractivity (Wildman–Crippen MR) is 297 cm³/mol. The molecule has 0 saturated carbocycles. The average molecular weight is 1120 g/mol. The van der Waals surface area contributed by atoms with Gasteiger partial charge in [-0.15, -0.1) is 0 Å². The number of unbranched alkanes of at least 4 members (excludes halogenated alkanes) is 1. The van der Waals surface area contributed by atoms with Gasteiger partial charge >= 0.3 is 11.9 Å². The van der Waals surface area contributed by atoms with Gasteiger partial charge in [-0.25, -0.2) is 4.79 Å². The van der Waals surface area contributed by atoms with E-state index >= 15 is 0 Å². The lowest BCUT2D eigenvalue weighted by molar-refractivity contribution is -0.322. The summed E-state index contributed by atoms with van der Waals surface area (Å²) >= 11 is 0. The number of hydrogen-bond acceptors (Lipinski definition) is 17. The van der Waals surface area contributed by atoms with Crippen LogP contribution < -0.4 is 10.2 Å². The van der Waals surface area contributed by atoms with Crippen LogP contribution in [0.25, 0.3) is 10.9 Å². The summed E-state index contributed by atoms with van der Waals surface area (Å²) in [6, 6.07) is 3.11. The maximum atomic E-state index is 14.7. The van der Waals surface area contributed by atoms with Crippen molar-refractivity contribution >= 4 is 22.8 Å². The number of carbonyl (C=O) groups is 2. The van der Waals surface area contributed by atoms with Crippen molar-refractivity contribution in [3.05, 3.63) is 52.0 Å². The largest absolute Gasteiger partial charge is 0.499 e. The number of aliphatic hydroxyl groups excluding tert-OH is 2. The third kappa shape index (κ3) is 14.9. The summed E-state index contributed by atoms with van der Waals surface area (Å²) in [6.45, 7) is 24.0. The quantitative estimate of drug-likeness (QED) is 0.0540. The standard InChI is InChI=1S/C60H96N2O17/c1-15-41(16-2)42-27-35(5)75-57(50(42)64)79-53-36(6)51(37(7)56(68)77-46(17-3)60(12,70)52(65)38(8)61(13)32-34(4)30-58(53,10)69)78-47-31-59(11,71-14)54(39(9)76-47)74-26-25-72-23-20-18-19-21-40-28-43-48-45(29-40)73-24-22-62(48)33-44(49(43)63)55(66)67/h20,23,28-29,33-39,41-42,46-47,50-54,57,64-65,69-70H,15-19,21-22,24-27,30-32H2,1-14H3,(H,66,67)/b23-20+/t34-,35-,36+,37-,38-,39+,42-,46-,47+,50-,51+,52+,53-,54+,57+,58-,59-,60-/m1/s1. The van der Waals surface area contributed by atoms with Gasteiger partial charge in [-0.3, -0.25) is 9.59 Å². The number of carbonyl (C=O) groups excluding carboxylic acids is 1. The Morgan fingerprint density at radius 2 is 1.66 bits per heavy atom. The minimum Gasteiger partial charge on any atom is -0.499 e. The van der Waals surface area contributed by atoms with Crippen molar-refractivity contribution in [1.82, 2.24) is 9.47 Å². The first-order valence-electron chi connectivity index (χ1n) is 29.1. The number of likely N-dealkylation sites (N-methyl/N-ethyl adjacent to an activating group) is 1. The van der Waals surface area contributed by atoms with E-state index in [0.29, 0.717) is 55.6 Å². The zero-order valence-electron chi connectivity index (χ0n) is 49.6. The summed E-state index contributed by atoms with van der Waals surface area (Å²) in [5.74, 6) is -3.26. The molecule has 6 rings (SSSR count). The molecule has 5 N–H and O–H groups in total. The molecule has 5 heterocycles. The maximum absolute atomic E-state index is 14.7. The van der Waals surface area contributed by atoms with Gasteiger partial charge in [0.15, 0.2) is 12.6 Å². The molecule has 79 heavy (non-hydrogen) atoms. The number of rotatable bonds is 19. The molecule has 19 nitrogen and oxygen atoms in total. The molecule has 1 aromatic heterocycles. The lowest BCUT2D eigenvalue weighted by Gasteiger charge is -2.49. The number of aromatic carboxylic acids is 1. The first kappa shape index (κ1) is 64.4. The molecule has 2 aromatic rings. The monoisotopic (exact) mass is 1120 g/mol. The molecule has 3 saturated heterocycles. The van der Waals surface area contributed by atoms with Crippen LogP contribution in [0.4, 0.5) is 0 Å². The number of nitrogens with zero attached hydrogens (tertiary/aromatic N) is 2. The van der Waals surface area contributed by atoms with E-state index in [2.05, 4.69) is 13.8 Å². The lowest BCUT2D eigenvalue weighted by Crippen LogP contribution is -2.60. The zero-order chi connectivity index (χ0) is 58.3. The molecule has 0 aliphatic carbocycles. The van der Waals surface area contributed by atoms with Gasteiger partial charge in [-0.05, 0) is 136 Å². The van der Waals surface area contributed by atoms with Crippen molar-refractivity contribution in [3.8, 4) is 5.75 Å². The smallest absolute Gasteiger partial charge is 0.341 e. The SMILES string of the molecule is CCC(CC)[C@H]1C[C@@H](C)O[C@@H](O[C@@H]2[C@@H](C)[C@H](O[C@H]3C[C@@](C)(OC)[C@@H](OCCO/C=C/CCCc4cc5c6c(c4)c(=O)c(C(=O)O)cn6CCO5)[C@H](C)O3)[C@@H](C)C(=O)O[C@H](CC)[C@@](C)(O)[C@@H](O)[C@@H](C)N(C)C[C@H](C)C[C@@]2(C)O)[C@@H]1O. The molecular formula is C60H96N2O17. The van der Waals surface area contributed by atoms with E-state index < -0.39 is 107 Å². The van der Waals surface area contributed by atoms with Gasteiger partial charge in [0.2, 0.25) is 5.43 Å². The Morgan fingerprint density at radius 3 is 2.32 bits per heavy atom. The number of aromatic nitrogens is 1. The normalized spacial score (nSPS) is 37.4. The van der Waals surface area contributed by atoms with Gasteiger partial charge in [-0.1, -0.05) is 47.5 Å². The van der Waals surface area contributed by atoms with E-state index in [1.165, 1.54) is 13.1 Å². The molecule has 1 aromatic carbocycles. The number of carboxylic acids is 1. The fourth-order valence-electron chi connectivity index (χ4n) is 13.2. The Labute approximate surface area is 468 Å². The highest BCUT2D eigenvalue weighted by Gasteiger charge is 2.53. The number of ether oxygens (including phenoxy) is 9. The second kappa shape index (κ2) is 27.6. The molecule has 4 aliphatic rings. The molecule has 4 aliphatic heterocycles. The number of allylic oxidation sites excluding steroid dienone is 1. The van der Waals surface area contributed by atoms with Gasteiger partial charge in [0.1, 0.15) is 54.5 Å². The van der Waals surface area contributed by atoms with E-state index in [4.69, 9.17) is 42.6 Å². The second-order valence-electron chi connectivity index (χ2n) is 24.1. The van der Waals surface area contributed by atoms with Crippen molar-refractivity contribution in [1.29, 1.82) is 0 Å². The van der Waals surface area contributed by atoms with Crippen LogP contribution in [0, 0.1) is 29.6 Å². The number of aryl methyl sites for hydroxylation is 1. The van der Waals surface area contributed by atoms with Gasteiger partial charge in [0.05, 0.1) is 71.9 Å². The number of cyclic esters (lactones) is 1. The predicted octanol–water partition coefficient (Wildman–Crippen LogP) is 7.01. The van der Waals surface area contributed by atoms with Crippen LogP contribution >= 0.6 is 0 Å². The number of methoxy groups -OCH3 is 1. The molecule has 448 valence electrons. The Morgan fingerprint density at radius 1 is 0.949 bits per heavy atom. The fraction of sp³-hybridized carbons (Fsp3) is 0.783. The van der Waals surface area contributed by atoms with Crippen LogP contribution in [0.1, 0.15) is 150 Å². The molecule has 0 spiro atoms. The van der Waals surface area contributed by atoms with Crippen LogP contribution in [-0.2, 0) is 55.7 Å². The average Bonchev–Trinajstić information content (AvgIpc) is 3.41. The number of benzene rings is 1. The topological polar surface area (TPSA) is 244 Å². The van der Waals surface area contributed by atoms with Crippen LogP contribution in [0.5, 0.6) is 5.75 Å². The third-order valence-electron chi connectivity index (χ3n) is 17.8. The van der Waals surface area contributed by atoms with E-state index in [1.807, 2.05) is 65.6 Å². The van der Waals surface area contributed by atoms with Gasteiger partial charge in [0.25, 0.3) is 0 Å². The molecular weight excluding hydrogens is 1020 g/mol. The summed E-state index contributed by atoms with van der Waals surface area (Å²) in [7, 11) is 3.45. The summed E-state index contributed by atoms with van der Waals surface area (Å²) in [5.41, 5.74) is -3.68. The molecule has 18 atom stereocenters. The highest BCUT2D eigenvalue weighted by molar-refractivity contribution is 5.94. The van der Waals surface area contributed by atoms with E-state index in [9.17, 15) is 39.9 Å². The van der Waals surface area contributed by atoms with Gasteiger partial charge in [0, 0.05) is 38.2 Å². The maximum Gasteiger partial charge on any atom is 0.341 e.